The van der Waals surface area contributed by atoms with E-state index >= 15 is 0 Å². The quantitative estimate of drug-likeness (QED) is 0.354. The van der Waals surface area contributed by atoms with E-state index in [4.69, 9.17) is 14.2 Å². The van der Waals surface area contributed by atoms with E-state index in [1.807, 2.05) is 25.1 Å². The number of ether oxygens (including phenoxy) is 3. The number of carbonyl (C=O) groups is 2. The summed E-state index contributed by atoms with van der Waals surface area (Å²) in [6.45, 7) is 1.08. The number of carbonyl (C=O) groups excluding carboxylic acids is 2. The number of nitrogens with zero attached hydrogens (tertiary/aromatic N) is 2. The zero-order valence-electron chi connectivity index (χ0n) is 19.6. The van der Waals surface area contributed by atoms with Gasteiger partial charge in [0.2, 0.25) is 5.75 Å². The lowest BCUT2D eigenvalue weighted by Gasteiger charge is -2.27. The fourth-order valence-corrected chi connectivity index (χ4v) is 4.03. The molecule has 2 aromatic rings. The van der Waals surface area contributed by atoms with Crippen molar-refractivity contribution in [2.45, 2.75) is 12.5 Å². The molecule has 8 nitrogen and oxygen atoms in total. The molecule has 1 fully saturated rings. The molecule has 176 valence electrons. The summed E-state index contributed by atoms with van der Waals surface area (Å²) < 4.78 is 16.4. The molecular weight excluding hydrogens is 424 g/mol. The van der Waals surface area contributed by atoms with Gasteiger partial charge < -0.3 is 29.1 Å². The van der Waals surface area contributed by atoms with Crippen LogP contribution in [0.1, 0.15) is 23.6 Å². The third-order valence-electron chi connectivity index (χ3n) is 5.59. The molecule has 33 heavy (non-hydrogen) atoms. The Morgan fingerprint density at radius 2 is 1.61 bits per heavy atom. The minimum Gasteiger partial charge on any atom is -0.507 e. The van der Waals surface area contributed by atoms with Gasteiger partial charge in [0, 0.05) is 12.1 Å². The number of hydrogen-bond acceptors (Lipinski definition) is 7. The van der Waals surface area contributed by atoms with E-state index in [0.717, 1.165) is 6.54 Å². The molecule has 1 saturated heterocycles. The van der Waals surface area contributed by atoms with Gasteiger partial charge >= 0.3 is 0 Å². The molecule has 0 spiro atoms. The van der Waals surface area contributed by atoms with Gasteiger partial charge in [-0.25, -0.2) is 0 Å². The van der Waals surface area contributed by atoms with Crippen LogP contribution in [0.2, 0.25) is 0 Å². The lowest BCUT2D eigenvalue weighted by molar-refractivity contribution is -0.139. The van der Waals surface area contributed by atoms with Crippen molar-refractivity contribution in [1.29, 1.82) is 0 Å². The second-order valence-corrected chi connectivity index (χ2v) is 7.97. The molecule has 0 aromatic heterocycles. The predicted octanol–water partition coefficient (Wildman–Crippen LogP) is 3.09. The van der Waals surface area contributed by atoms with Crippen LogP contribution in [0.4, 0.5) is 0 Å². The average molecular weight is 455 g/mol. The fourth-order valence-electron chi connectivity index (χ4n) is 4.03. The Hall–Kier alpha value is -3.52. The Kier molecular flexibility index (Phi) is 7.60. The number of aliphatic hydroxyl groups excluding tert-OH is 1. The third-order valence-corrected chi connectivity index (χ3v) is 5.59. The Morgan fingerprint density at radius 1 is 1.00 bits per heavy atom. The summed E-state index contributed by atoms with van der Waals surface area (Å²) >= 11 is 0. The highest BCUT2D eigenvalue weighted by Gasteiger charge is 2.46. The van der Waals surface area contributed by atoms with Crippen LogP contribution in [0.3, 0.4) is 0 Å². The van der Waals surface area contributed by atoms with Crippen LogP contribution in [-0.4, -0.2) is 75.1 Å². The Labute approximate surface area is 194 Å². The van der Waals surface area contributed by atoms with Crippen LogP contribution in [0.15, 0.2) is 48.0 Å². The summed E-state index contributed by atoms with van der Waals surface area (Å²) in [4.78, 5) is 29.7. The summed E-state index contributed by atoms with van der Waals surface area (Å²) in [7, 11) is 8.39. The molecule has 1 aliphatic rings. The number of Topliss-reactive ketones (excluding diaryl/α,β-unsaturated/α-hetero) is 1. The minimum atomic E-state index is -0.805. The molecule has 0 bridgehead atoms. The van der Waals surface area contributed by atoms with Crippen LogP contribution < -0.4 is 14.2 Å². The number of methoxy groups -OCH3 is 3. The van der Waals surface area contributed by atoms with E-state index in [1.54, 1.807) is 36.4 Å². The fraction of sp³-hybridized carbons (Fsp3) is 0.360. The first-order valence-electron chi connectivity index (χ1n) is 10.6. The number of hydrogen-bond donors (Lipinski definition) is 1. The summed E-state index contributed by atoms with van der Waals surface area (Å²) in [5.41, 5.74) is 1.07. The number of amides is 1. The van der Waals surface area contributed by atoms with Gasteiger partial charge in [-0.3, -0.25) is 9.59 Å². The molecule has 1 amide bonds. The van der Waals surface area contributed by atoms with Gasteiger partial charge in [-0.05, 0) is 44.8 Å². The van der Waals surface area contributed by atoms with Gasteiger partial charge in [0.05, 0.1) is 32.9 Å². The second kappa shape index (κ2) is 10.4. The second-order valence-electron chi connectivity index (χ2n) is 7.97. The Bertz CT molecular complexity index is 1020. The lowest BCUT2D eigenvalue weighted by Crippen LogP contribution is -2.32. The van der Waals surface area contributed by atoms with Crippen molar-refractivity contribution in [2.75, 3.05) is 48.5 Å². The first-order valence-corrected chi connectivity index (χ1v) is 10.6. The van der Waals surface area contributed by atoms with E-state index in [9.17, 15) is 14.7 Å². The highest BCUT2D eigenvalue weighted by atomic mass is 16.5. The van der Waals surface area contributed by atoms with Crippen molar-refractivity contribution in [3.8, 4) is 17.2 Å². The molecule has 0 unspecified atom stereocenters. The monoisotopic (exact) mass is 454 g/mol. The maximum atomic E-state index is 13.1. The normalized spacial score (nSPS) is 17.5. The van der Waals surface area contributed by atoms with Gasteiger partial charge in [-0.1, -0.05) is 30.3 Å². The van der Waals surface area contributed by atoms with E-state index in [2.05, 4.69) is 0 Å². The molecule has 1 aliphatic heterocycles. The number of benzene rings is 2. The van der Waals surface area contributed by atoms with Gasteiger partial charge in [0.15, 0.2) is 11.5 Å². The molecule has 0 aliphatic carbocycles. The highest BCUT2D eigenvalue weighted by molar-refractivity contribution is 6.46. The molecule has 2 aromatic carbocycles. The van der Waals surface area contributed by atoms with Gasteiger partial charge in [0.1, 0.15) is 5.76 Å². The van der Waals surface area contributed by atoms with Crippen molar-refractivity contribution in [2.24, 2.45) is 0 Å². The molecule has 1 heterocycles. The van der Waals surface area contributed by atoms with Gasteiger partial charge in [-0.2, -0.15) is 0 Å². The van der Waals surface area contributed by atoms with Crippen LogP contribution in [0.5, 0.6) is 17.2 Å². The van der Waals surface area contributed by atoms with Crippen molar-refractivity contribution < 1.29 is 28.9 Å². The maximum absolute atomic E-state index is 13.1. The van der Waals surface area contributed by atoms with Gasteiger partial charge in [0.25, 0.3) is 11.7 Å². The number of ketones is 1. The molecule has 0 radical (unpaired) electrons. The predicted molar refractivity (Wildman–Crippen MR) is 125 cm³/mol. The van der Waals surface area contributed by atoms with Crippen LogP contribution in [0.25, 0.3) is 5.76 Å². The van der Waals surface area contributed by atoms with E-state index < -0.39 is 17.7 Å². The Morgan fingerprint density at radius 3 is 2.12 bits per heavy atom. The molecular formula is C25H30N2O6. The van der Waals surface area contributed by atoms with E-state index in [-0.39, 0.29) is 11.3 Å². The van der Waals surface area contributed by atoms with E-state index in [0.29, 0.717) is 41.3 Å². The Balaban J connectivity index is 2.20. The topological polar surface area (TPSA) is 88.5 Å². The summed E-state index contributed by atoms with van der Waals surface area (Å²) in [6, 6.07) is 11.3. The van der Waals surface area contributed by atoms with Crippen LogP contribution >= 0.6 is 0 Å². The van der Waals surface area contributed by atoms with Gasteiger partial charge in [-0.15, -0.1) is 0 Å². The first-order chi connectivity index (χ1) is 15.8. The first kappa shape index (κ1) is 24.1. The number of aliphatic hydroxyl groups is 1. The summed E-state index contributed by atoms with van der Waals surface area (Å²) in [5, 5.41) is 11.1. The zero-order chi connectivity index (χ0) is 24.1. The van der Waals surface area contributed by atoms with Crippen LogP contribution in [-0.2, 0) is 9.59 Å². The minimum absolute atomic E-state index is 0.0327. The van der Waals surface area contributed by atoms with Crippen molar-refractivity contribution in [3.63, 3.8) is 0 Å². The maximum Gasteiger partial charge on any atom is 0.295 e. The molecule has 8 heteroatoms. The smallest absolute Gasteiger partial charge is 0.295 e. The summed E-state index contributed by atoms with van der Waals surface area (Å²) in [6.07, 6.45) is 0.659. The highest BCUT2D eigenvalue weighted by Crippen LogP contribution is 2.45. The SMILES string of the molecule is COc1cc([C@H]2/C(=C(\O)c3ccccc3)C(=O)C(=O)N2CCCN(C)C)cc(OC)c1OC. The average Bonchev–Trinajstić information content (AvgIpc) is 3.07. The molecule has 1 N–H and O–H groups in total. The van der Waals surface area contributed by atoms with Crippen molar-refractivity contribution in [1.82, 2.24) is 9.80 Å². The third kappa shape index (κ3) is 4.80. The molecule has 3 rings (SSSR count). The van der Waals surface area contributed by atoms with Crippen molar-refractivity contribution >= 4 is 17.4 Å². The number of likely N-dealkylation sites (tertiary alicyclic amines) is 1. The molecule has 0 saturated carbocycles. The lowest BCUT2D eigenvalue weighted by atomic mass is 9.94. The van der Waals surface area contributed by atoms with E-state index in [1.165, 1.54) is 26.2 Å². The largest absolute Gasteiger partial charge is 0.507 e. The zero-order valence-corrected chi connectivity index (χ0v) is 19.6. The standard InChI is InChI=1S/C25H30N2O6/c1-26(2)12-9-13-27-21(17-14-18(31-3)24(33-5)19(15-17)32-4)20(23(29)25(27)30)22(28)16-10-7-6-8-11-16/h6-8,10-11,14-15,21,28H,9,12-13H2,1-5H3/b22-20+/t21-/m0/s1. The molecule has 1 atom stereocenters. The van der Waals surface area contributed by atoms with Crippen LogP contribution in [0, 0.1) is 0 Å². The number of rotatable bonds is 9. The van der Waals surface area contributed by atoms with Crippen molar-refractivity contribution in [3.05, 3.63) is 59.2 Å². The summed E-state index contributed by atoms with van der Waals surface area (Å²) in [5.74, 6) is -0.403.